The van der Waals surface area contributed by atoms with E-state index >= 15 is 0 Å². The number of rotatable bonds is 2. The summed E-state index contributed by atoms with van der Waals surface area (Å²) in [5.41, 5.74) is 1.19. The summed E-state index contributed by atoms with van der Waals surface area (Å²) >= 11 is 1.65. The van der Waals surface area contributed by atoms with Crippen molar-refractivity contribution in [2.75, 3.05) is 0 Å². The van der Waals surface area contributed by atoms with Crippen LogP contribution in [0.3, 0.4) is 0 Å². The molecule has 0 spiro atoms. The van der Waals surface area contributed by atoms with E-state index in [0.29, 0.717) is 0 Å². The summed E-state index contributed by atoms with van der Waals surface area (Å²) in [6, 6.07) is 5.90. The smallest absolute Gasteiger partial charge is 0.314 e. The number of nitrogens with zero attached hydrogens (tertiary/aromatic N) is 1. The summed E-state index contributed by atoms with van der Waals surface area (Å²) in [7, 11) is 0. The molecule has 88 valence electrons. The Morgan fingerprint density at radius 3 is 2.82 bits per heavy atom. The highest BCUT2D eigenvalue weighted by Crippen LogP contribution is 2.44. The quantitative estimate of drug-likeness (QED) is 0.887. The molecule has 0 bridgehead atoms. The van der Waals surface area contributed by atoms with E-state index in [-0.39, 0.29) is 0 Å². The molecule has 3 rings (SSSR count). The number of fused-ring (bicyclic) bond motifs is 1. The van der Waals surface area contributed by atoms with E-state index in [1.54, 1.807) is 11.3 Å². The van der Waals surface area contributed by atoms with Crippen LogP contribution in [0.15, 0.2) is 18.2 Å². The van der Waals surface area contributed by atoms with Crippen LogP contribution in [-0.4, -0.2) is 16.1 Å². The van der Waals surface area contributed by atoms with Crippen molar-refractivity contribution in [3.05, 3.63) is 28.8 Å². The van der Waals surface area contributed by atoms with E-state index in [4.69, 9.17) is 0 Å². The van der Waals surface area contributed by atoms with Crippen LogP contribution >= 0.6 is 11.3 Å². The van der Waals surface area contributed by atoms with Crippen LogP contribution in [0.4, 0.5) is 0 Å². The summed E-state index contributed by atoms with van der Waals surface area (Å²) in [6.07, 6.45) is 2.49. The first-order valence-corrected chi connectivity index (χ1v) is 6.54. The lowest BCUT2D eigenvalue weighted by molar-refractivity contribution is -0.147. The first kappa shape index (κ1) is 10.7. The fourth-order valence-electron chi connectivity index (χ4n) is 2.50. The zero-order chi connectivity index (χ0) is 12.0. The van der Waals surface area contributed by atoms with Gasteiger partial charge in [0.25, 0.3) is 0 Å². The Kier molecular flexibility index (Phi) is 2.23. The maximum absolute atomic E-state index is 11.4. The largest absolute Gasteiger partial charge is 0.481 e. The Balaban J connectivity index is 2.14. The Morgan fingerprint density at radius 1 is 1.47 bits per heavy atom. The molecular weight excluding hydrogens is 234 g/mol. The summed E-state index contributed by atoms with van der Waals surface area (Å²) in [4.78, 5) is 15.9. The Hall–Kier alpha value is -1.42. The van der Waals surface area contributed by atoms with Crippen LogP contribution < -0.4 is 0 Å². The lowest BCUT2D eigenvalue weighted by atomic mass is 9.64. The molecule has 0 saturated heterocycles. The molecule has 0 atom stereocenters. The maximum Gasteiger partial charge on any atom is 0.314 e. The lowest BCUT2D eigenvalue weighted by Gasteiger charge is -2.38. The first-order valence-electron chi connectivity index (χ1n) is 5.73. The summed E-state index contributed by atoms with van der Waals surface area (Å²) in [6.45, 7) is 1.97. The standard InChI is InChI=1S/C13H13NO2S/c1-8-14-10-7-9(3-4-11(10)17-8)13(12(15)16)5-2-6-13/h3-4,7H,2,5-6H2,1H3,(H,15,16). The number of thiazole rings is 1. The topological polar surface area (TPSA) is 50.2 Å². The normalized spacial score (nSPS) is 17.9. The Bertz CT molecular complexity index is 598. The van der Waals surface area contributed by atoms with Crippen molar-refractivity contribution in [3.63, 3.8) is 0 Å². The highest BCUT2D eigenvalue weighted by molar-refractivity contribution is 7.18. The molecule has 1 heterocycles. The zero-order valence-corrected chi connectivity index (χ0v) is 10.4. The number of carboxylic acids is 1. The molecule has 1 saturated carbocycles. The third-order valence-corrected chi connectivity index (χ3v) is 4.62. The average Bonchev–Trinajstić information content (AvgIpc) is 2.54. The monoisotopic (exact) mass is 247 g/mol. The highest BCUT2D eigenvalue weighted by Gasteiger charge is 2.45. The molecule has 0 radical (unpaired) electrons. The van der Waals surface area contributed by atoms with Crippen LogP contribution in [0, 0.1) is 6.92 Å². The molecule has 1 aromatic heterocycles. The summed E-state index contributed by atoms with van der Waals surface area (Å²) < 4.78 is 1.13. The third-order valence-electron chi connectivity index (χ3n) is 3.66. The molecule has 1 aliphatic rings. The van der Waals surface area contributed by atoms with Gasteiger partial charge in [-0.1, -0.05) is 12.5 Å². The van der Waals surface area contributed by atoms with Gasteiger partial charge in [0.15, 0.2) is 0 Å². The van der Waals surface area contributed by atoms with Gasteiger partial charge in [0, 0.05) is 0 Å². The van der Waals surface area contributed by atoms with Crippen LogP contribution in [0.5, 0.6) is 0 Å². The minimum atomic E-state index is -0.699. The van der Waals surface area contributed by atoms with Crippen molar-refractivity contribution in [2.24, 2.45) is 0 Å². The predicted molar refractivity (Wildman–Crippen MR) is 67.5 cm³/mol. The number of hydrogen-bond donors (Lipinski definition) is 1. The lowest BCUT2D eigenvalue weighted by Crippen LogP contribution is -2.42. The molecule has 2 aromatic rings. The second-order valence-electron chi connectivity index (χ2n) is 4.66. The number of aromatic nitrogens is 1. The van der Waals surface area contributed by atoms with Crippen LogP contribution in [0.2, 0.25) is 0 Å². The highest BCUT2D eigenvalue weighted by atomic mass is 32.1. The summed E-state index contributed by atoms with van der Waals surface area (Å²) in [5.74, 6) is -0.699. The molecule has 4 heteroatoms. The first-order chi connectivity index (χ1) is 8.12. The van der Waals surface area contributed by atoms with Gasteiger partial charge in [-0.2, -0.15) is 0 Å². The molecule has 0 unspecified atom stereocenters. The fourth-order valence-corrected chi connectivity index (χ4v) is 3.30. The Morgan fingerprint density at radius 2 is 2.24 bits per heavy atom. The van der Waals surface area contributed by atoms with Crippen LogP contribution in [0.25, 0.3) is 10.2 Å². The van der Waals surface area contributed by atoms with E-state index in [2.05, 4.69) is 4.98 Å². The number of benzene rings is 1. The number of hydrogen-bond acceptors (Lipinski definition) is 3. The van der Waals surface area contributed by atoms with E-state index in [9.17, 15) is 9.90 Å². The van der Waals surface area contributed by atoms with E-state index < -0.39 is 11.4 Å². The predicted octanol–water partition coefficient (Wildman–Crippen LogP) is 3.11. The van der Waals surface area contributed by atoms with Gasteiger partial charge >= 0.3 is 5.97 Å². The molecule has 1 fully saturated rings. The van der Waals surface area contributed by atoms with Crippen molar-refractivity contribution in [1.82, 2.24) is 4.98 Å². The summed E-state index contributed by atoms with van der Waals surface area (Å²) in [5, 5.41) is 10.4. The molecule has 0 amide bonds. The average molecular weight is 247 g/mol. The van der Waals surface area contributed by atoms with E-state index in [1.807, 2.05) is 25.1 Å². The van der Waals surface area contributed by atoms with Crippen molar-refractivity contribution in [2.45, 2.75) is 31.6 Å². The fraction of sp³-hybridized carbons (Fsp3) is 0.385. The second kappa shape index (κ2) is 3.53. The van der Waals surface area contributed by atoms with Gasteiger partial charge in [-0.3, -0.25) is 4.79 Å². The van der Waals surface area contributed by atoms with Gasteiger partial charge in [-0.05, 0) is 37.5 Å². The molecule has 17 heavy (non-hydrogen) atoms. The molecule has 1 N–H and O–H groups in total. The van der Waals surface area contributed by atoms with Crippen molar-refractivity contribution in [3.8, 4) is 0 Å². The molecule has 3 nitrogen and oxygen atoms in total. The number of aryl methyl sites for hydroxylation is 1. The van der Waals surface area contributed by atoms with E-state index in [0.717, 1.165) is 40.1 Å². The van der Waals surface area contributed by atoms with Crippen molar-refractivity contribution < 1.29 is 9.90 Å². The van der Waals surface area contributed by atoms with Crippen molar-refractivity contribution >= 4 is 27.5 Å². The minimum absolute atomic E-state index is 0.647. The van der Waals surface area contributed by atoms with Gasteiger partial charge in [-0.15, -0.1) is 11.3 Å². The number of aliphatic carboxylic acids is 1. The molecular formula is C13H13NO2S. The second-order valence-corrected chi connectivity index (χ2v) is 5.89. The van der Waals surface area contributed by atoms with Gasteiger partial charge in [-0.25, -0.2) is 4.98 Å². The SMILES string of the molecule is Cc1nc2cc(C3(C(=O)O)CCC3)ccc2s1. The number of carbonyl (C=O) groups is 1. The van der Waals surface area contributed by atoms with Gasteiger partial charge in [0.1, 0.15) is 0 Å². The molecule has 0 aliphatic heterocycles. The van der Waals surface area contributed by atoms with Gasteiger partial charge < -0.3 is 5.11 Å². The molecule has 1 aromatic carbocycles. The number of carboxylic acid groups (broad SMARTS) is 1. The molecule has 1 aliphatic carbocycles. The zero-order valence-electron chi connectivity index (χ0n) is 9.56. The van der Waals surface area contributed by atoms with Crippen LogP contribution in [-0.2, 0) is 10.2 Å². The van der Waals surface area contributed by atoms with Crippen molar-refractivity contribution in [1.29, 1.82) is 0 Å². The maximum atomic E-state index is 11.4. The third kappa shape index (κ3) is 1.47. The minimum Gasteiger partial charge on any atom is -0.481 e. The van der Waals surface area contributed by atoms with Gasteiger partial charge in [0.05, 0.1) is 20.6 Å². The van der Waals surface area contributed by atoms with Crippen LogP contribution in [0.1, 0.15) is 29.8 Å². The Labute approximate surface area is 103 Å². The van der Waals surface area contributed by atoms with Gasteiger partial charge in [0.2, 0.25) is 0 Å². The van der Waals surface area contributed by atoms with E-state index in [1.165, 1.54) is 0 Å².